The molecule has 0 aliphatic heterocycles. The highest BCUT2D eigenvalue weighted by molar-refractivity contribution is 6.13. The van der Waals surface area contributed by atoms with E-state index in [1.165, 1.54) is 11.1 Å². The van der Waals surface area contributed by atoms with Crippen molar-refractivity contribution in [1.29, 1.82) is 0 Å². The number of ketones is 1. The van der Waals surface area contributed by atoms with Crippen LogP contribution in [0.1, 0.15) is 22.7 Å². The third kappa shape index (κ3) is 1.69. The van der Waals surface area contributed by atoms with Crippen LogP contribution in [0.4, 0.5) is 0 Å². The molecule has 0 amide bonds. The molecule has 4 nitrogen and oxygen atoms in total. The van der Waals surface area contributed by atoms with Crippen molar-refractivity contribution in [3.8, 4) is 0 Å². The van der Waals surface area contributed by atoms with Crippen molar-refractivity contribution < 1.29 is 4.79 Å². The number of nitrogens with zero attached hydrogens (tertiary/aromatic N) is 3. The predicted octanol–water partition coefficient (Wildman–Crippen LogP) is 2.96. The normalized spacial score (nSPS) is 19.3. The molecule has 5 rings (SSSR count). The third-order valence-electron chi connectivity index (χ3n) is 4.67. The van der Waals surface area contributed by atoms with Crippen LogP contribution in [-0.2, 0) is 11.2 Å². The molecule has 1 atom stereocenters. The van der Waals surface area contributed by atoms with Crippen LogP contribution in [0.3, 0.4) is 0 Å². The van der Waals surface area contributed by atoms with Gasteiger partial charge in [0.05, 0.1) is 11.6 Å². The fraction of sp³-hybridized carbons (Fsp3) is 0.105. The average molecular weight is 299 g/mol. The second-order valence-electron chi connectivity index (χ2n) is 5.90. The SMILES string of the molecule is O=C1C2=C(C=CC1c1nccn3ccnc13)c1ccccc1C2. The van der Waals surface area contributed by atoms with Crippen LogP contribution in [0.5, 0.6) is 0 Å². The Bertz CT molecular complexity index is 1030. The number of rotatable bonds is 1. The second kappa shape index (κ2) is 4.49. The van der Waals surface area contributed by atoms with Crippen LogP contribution in [0.2, 0.25) is 0 Å². The van der Waals surface area contributed by atoms with Crippen molar-refractivity contribution in [1.82, 2.24) is 14.4 Å². The van der Waals surface area contributed by atoms with Gasteiger partial charge in [0, 0.05) is 36.8 Å². The number of Topliss-reactive ketones (excluding diaryl/α,β-unsaturated/α-hetero) is 1. The maximum atomic E-state index is 13.1. The zero-order valence-electron chi connectivity index (χ0n) is 12.3. The highest BCUT2D eigenvalue weighted by Gasteiger charge is 2.33. The quantitative estimate of drug-likeness (QED) is 0.694. The minimum atomic E-state index is -0.353. The lowest BCUT2D eigenvalue weighted by atomic mass is 9.86. The van der Waals surface area contributed by atoms with E-state index >= 15 is 0 Å². The molecule has 0 fully saturated rings. The van der Waals surface area contributed by atoms with Gasteiger partial charge < -0.3 is 4.40 Å². The van der Waals surface area contributed by atoms with Crippen molar-refractivity contribution in [2.24, 2.45) is 0 Å². The summed E-state index contributed by atoms with van der Waals surface area (Å²) in [5, 5.41) is 0. The van der Waals surface area contributed by atoms with Gasteiger partial charge in [-0.05, 0) is 16.7 Å². The summed E-state index contributed by atoms with van der Waals surface area (Å²) in [6.45, 7) is 0. The van der Waals surface area contributed by atoms with Gasteiger partial charge >= 0.3 is 0 Å². The molecule has 2 heterocycles. The standard InChI is InChI=1S/C19H13N3O/c23-18-15(17-19-21-8-10-22(19)9-7-20-17)6-5-14-13-4-2-1-3-12(13)11-16(14)18/h1-10,15H,11H2. The van der Waals surface area contributed by atoms with Crippen molar-refractivity contribution in [3.63, 3.8) is 0 Å². The molecule has 110 valence electrons. The van der Waals surface area contributed by atoms with E-state index in [0.29, 0.717) is 6.42 Å². The molecule has 1 aromatic carbocycles. The van der Waals surface area contributed by atoms with Crippen LogP contribution >= 0.6 is 0 Å². The minimum absolute atomic E-state index is 0.141. The minimum Gasteiger partial charge on any atom is -0.304 e. The van der Waals surface area contributed by atoms with E-state index in [4.69, 9.17) is 0 Å². The number of benzene rings is 1. The first kappa shape index (κ1) is 12.5. The zero-order valence-corrected chi connectivity index (χ0v) is 12.3. The first-order chi connectivity index (χ1) is 11.3. The fourth-order valence-electron chi connectivity index (χ4n) is 3.57. The third-order valence-corrected chi connectivity index (χ3v) is 4.67. The van der Waals surface area contributed by atoms with Gasteiger partial charge in [-0.15, -0.1) is 0 Å². The lowest BCUT2D eigenvalue weighted by Gasteiger charge is -2.17. The average Bonchev–Trinajstić information content (AvgIpc) is 3.19. The Morgan fingerprint density at radius 1 is 1.09 bits per heavy atom. The van der Waals surface area contributed by atoms with Gasteiger partial charge in [-0.2, -0.15) is 0 Å². The van der Waals surface area contributed by atoms with Crippen molar-refractivity contribution in [3.05, 3.63) is 83.6 Å². The van der Waals surface area contributed by atoms with Crippen LogP contribution < -0.4 is 0 Å². The van der Waals surface area contributed by atoms with Gasteiger partial charge in [0.1, 0.15) is 0 Å². The highest BCUT2D eigenvalue weighted by atomic mass is 16.1. The summed E-state index contributed by atoms with van der Waals surface area (Å²) in [7, 11) is 0. The van der Waals surface area contributed by atoms with Gasteiger partial charge in [-0.25, -0.2) is 4.98 Å². The lowest BCUT2D eigenvalue weighted by molar-refractivity contribution is -0.116. The maximum Gasteiger partial charge on any atom is 0.172 e. The number of fused-ring (bicyclic) bond motifs is 3. The summed E-state index contributed by atoms with van der Waals surface area (Å²) >= 11 is 0. The van der Waals surface area contributed by atoms with Gasteiger partial charge in [0.2, 0.25) is 0 Å². The summed E-state index contributed by atoms with van der Waals surface area (Å²) in [6.07, 6.45) is 11.9. The first-order valence-corrected chi connectivity index (χ1v) is 7.64. The Morgan fingerprint density at radius 2 is 1.91 bits per heavy atom. The first-order valence-electron chi connectivity index (χ1n) is 7.64. The van der Waals surface area contributed by atoms with E-state index in [-0.39, 0.29) is 11.7 Å². The summed E-state index contributed by atoms with van der Waals surface area (Å²) in [4.78, 5) is 21.8. The zero-order chi connectivity index (χ0) is 15.4. The summed E-state index contributed by atoms with van der Waals surface area (Å²) < 4.78 is 1.90. The van der Waals surface area contributed by atoms with Crippen molar-refractivity contribution in [2.75, 3.05) is 0 Å². The van der Waals surface area contributed by atoms with Gasteiger partial charge in [-0.1, -0.05) is 36.4 Å². The molecule has 0 saturated heterocycles. The Labute approximate surface area is 132 Å². The number of aromatic nitrogens is 3. The molecule has 0 N–H and O–H groups in total. The number of allylic oxidation sites excluding steroid dienone is 4. The largest absolute Gasteiger partial charge is 0.304 e. The van der Waals surface area contributed by atoms with Crippen LogP contribution in [0, 0.1) is 0 Å². The molecular weight excluding hydrogens is 286 g/mol. The number of hydrogen-bond donors (Lipinski definition) is 0. The second-order valence-corrected chi connectivity index (χ2v) is 5.90. The maximum absolute atomic E-state index is 13.1. The van der Waals surface area contributed by atoms with Gasteiger partial charge in [0.25, 0.3) is 0 Å². The Morgan fingerprint density at radius 3 is 2.83 bits per heavy atom. The molecule has 1 unspecified atom stereocenters. The molecule has 2 aliphatic carbocycles. The van der Waals surface area contributed by atoms with E-state index in [0.717, 1.165) is 22.5 Å². The molecule has 2 aliphatic rings. The lowest BCUT2D eigenvalue weighted by Crippen LogP contribution is -2.18. The Kier molecular flexibility index (Phi) is 2.45. The van der Waals surface area contributed by atoms with Crippen LogP contribution in [0.25, 0.3) is 11.2 Å². The van der Waals surface area contributed by atoms with E-state index in [1.807, 2.05) is 35.0 Å². The predicted molar refractivity (Wildman–Crippen MR) is 86.9 cm³/mol. The molecule has 0 spiro atoms. The van der Waals surface area contributed by atoms with Crippen LogP contribution in [-0.4, -0.2) is 20.2 Å². The summed E-state index contributed by atoms with van der Waals surface area (Å²) in [5.74, 6) is -0.212. The topological polar surface area (TPSA) is 47.3 Å². The molecule has 2 aromatic heterocycles. The number of imidazole rings is 1. The molecule has 4 heteroatoms. The Balaban J connectivity index is 1.62. The molecule has 0 bridgehead atoms. The number of hydrogen-bond acceptors (Lipinski definition) is 3. The molecule has 0 radical (unpaired) electrons. The van der Waals surface area contributed by atoms with Gasteiger partial charge in [0.15, 0.2) is 11.4 Å². The van der Waals surface area contributed by atoms with Gasteiger partial charge in [-0.3, -0.25) is 9.78 Å². The fourth-order valence-corrected chi connectivity index (χ4v) is 3.57. The number of carbonyl (C=O) groups is 1. The summed E-state index contributed by atoms with van der Waals surface area (Å²) in [5.41, 5.74) is 5.84. The number of carbonyl (C=O) groups excluding carboxylic acids is 1. The van der Waals surface area contributed by atoms with E-state index in [1.54, 1.807) is 12.4 Å². The van der Waals surface area contributed by atoms with Crippen molar-refractivity contribution in [2.45, 2.75) is 12.3 Å². The van der Waals surface area contributed by atoms with E-state index in [9.17, 15) is 4.79 Å². The van der Waals surface area contributed by atoms with E-state index in [2.05, 4.69) is 28.2 Å². The smallest absolute Gasteiger partial charge is 0.172 e. The molecule has 3 aromatic rings. The van der Waals surface area contributed by atoms with Crippen molar-refractivity contribution >= 4 is 17.0 Å². The molecule has 23 heavy (non-hydrogen) atoms. The summed E-state index contributed by atoms with van der Waals surface area (Å²) in [6, 6.07) is 8.22. The molecular formula is C19H13N3O. The molecule has 0 saturated carbocycles. The monoisotopic (exact) mass is 299 g/mol. The highest BCUT2D eigenvalue weighted by Crippen LogP contribution is 2.40. The van der Waals surface area contributed by atoms with E-state index < -0.39 is 0 Å². The van der Waals surface area contributed by atoms with Crippen LogP contribution in [0.15, 0.2) is 66.8 Å². The Hall–Kier alpha value is -3.01.